The SMILES string of the molecule is CNC(=O)c1c(-c2ccccn2)c([C@H](C)N)nc2cccnc12. The number of nitrogens with one attached hydrogen (secondary N) is 1. The molecule has 0 aliphatic carbocycles. The van der Waals surface area contributed by atoms with Gasteiger partial charge in [0.05, 0.1) is 22.5 Å². The summed E-state index contributed by atoms with van der Waals surface area (Å²) in [5.74, 6) is -0.237. The van der Waals surface area contributed by atoms with Crippen LogP contribution in [-0.4, -0.2) is 27.9 Å². The van der Waals surface area contributed by atoms with Crippen molar-refractivity contribution in [3.05, 3.63) is 54.0 Å². The fourth-order valence-electron chi connectivity index (χ4n) is 2.56. The number of aromatic nitrogens is 3. The van der Waals surface area contributed by atoms with E-state index in [0.29, 0.717) is 33.5 Å². The van der Waals surface area contributed by atoms with Crippen molar-refractivity contribution in [1.82, 2.24) is 20.3 Å². The number of carbonyl (C=O) groups excluding carboxylic acids is 1. The Morgan fingerprint density at radius 1 is 1.17 bits per heavy atom. The highest BCUT2D eigenvalue weighted by Crippen LogP contribution is 2.32. The van der Waals surface area contributed by atoms with Crippen LogP contribution in [0.15, 0.2) is 42.7 Å². The maximum absolute atomic E-state index is 12.5. The zero-order valence-electron chi connectivity index (χ0n) is 12.9. The van der Waals surface area contributed by atoms with E-state index in [-0.39, 0.29) is 11.9 Å². The van der Waals surface area contributed by atoms with Gasteiger partial charge in [0.25, 0.3) is 5.91 Å². The van der Waals surface area contributed by atoms with Crippen molar-refractivity contribution in [2.75, 3.05) is 7.05 Å². The molecule has 0 unspecified atom stereocenters. The monoisotopic (exact) mass is 307 g/mol. The second-order valence-corrected chi connectivity index (χ2v) is 5.20. The van der Waals surface area contributed by atoms with E-state index >= 15 is 0 Å². The lowest BCUT2D eigenvalue weighted by Crippen LogP contribution is -2.22. The normalized spacial score (nSPS) is 12.1. The predicted molar refractivity (Wildman–Crippen MR) is 88.8 cm³/mol. The smallest absolute Gasteiger partial charge is 0.254 e. The van der Waals surface area contributed by atoms with Crippen molar-refractivity contribution < 1.29 is 4.79 Å². The summed E-state index contributed by atoms with van der Waals surface area (Å²) in [7, 11) is 1.59. The minimum Gasteiger partial charge on any atom is -0.355 e. The van der Waals surface area contributed by atoms with Gasteiger partial charge in [0.2, 0.25) is 0 Å². The molecule has 0 aliphatic heterocycles. The van der Waals surface area contributed by atoms with Crippen molar-refractivity contribution in [3.8, 4) is 11.3 Å². The molecule has 116 valence electrons. The highest BCUT2D eigenvalue weighted by atomic mass is 16.1. The van der Waals surface area contributed by atoms with Crippen LogP contribution < -0.4 is 11.1 Å². The molecule has 6 nitrogen and oxygen atoms in total. The molecule has 23 heavy (non-hydrogen) atoms. The van der Waals surface area contributed by atoms with Gasteiger partial charge in [-0.25, -0.2) is 4.98 Å². The van der Waals surface area contributed by atoms with Crippen molar-refractivity contribution in [3.63, 3.8) is 0 Å². The topological polar surface area (TPSA) is 93.8 Å². The zero-order valence-corrected chi connectivity index (χ0v) is 12.9. The quantitative estimate of drug-likeness (QED) is 0.772. The summed E-state index contributed by atoms with van der Waals surface area (Å²) >= 11 is 0. The van der Waals surface area contributed by atoms with Crippen LogP contribution >= 0.6 is 0 Å². The molecule has 3 aromatic heterocycles. The average molecular weight is 307 g/mol. The Kier molecular flexibility index (Phi) is 3.99. The van der Waals surface area contributed by atoms with Crippen LogP contribution in [0.25, 0.3) is 22.3 Å². The maximum atomic E-state index is 12.5. The van der Waals surface area contributed by atoms with E-state index in [1.165, 1.54) is 0 Å². The second-order valence-electron chi connectivity index (χ2n) is 5.20. The molecule has 0 aromatic carbocycles. The molecule has 3 rings (SSSR count). The number of hydrogen-bond donors (Lipinski definition) is 2. The molecule has 0 spiro atoms. The zero-order chi connectivity index (χ0) is 16.4. The van der Waals surface area contributed by atoms with E-state index in [1.807, 2.05) is 31.2 Å². The fraction of sp³-hybridized carbons (Fsp3) is 0.176. The van der Waals surface area contributed by atoms with Crippen molar-refractivity contribution in [2.24, 2.45) is 5.73 Å². The Hall–Kier alpha value is -2.86. The molecule has 0 saturated carbocycles. The summed E-state index contributed by atoms with van der Waals surface area (Å²) in [5, 5.41) is 2.67. The van der Waals surface area contributed by atoms with E-state index in [2.05, 4.69) is 20.3 Å². The molecule has 0 radical (unpaired) electrons. The largest absolute Gasteiger partial charge is 0.355 e. The number of nitrogens with two attached hydrogens (primary N) is 1. The molecular formula is C17H17N5O. The third kappa shape index (κ3) is 2.64. The van der Waals surface area contributed by atoms with Crippen LogP contribution in [0.4, 0.5) is 0 Å². The van der Waals surface area contributed by atoms with Crippen molar-refractivity contribution >= 4 is 16.9 Å². The number of fused-ring (bicyclic) bond motifs is 1. The molecule has 3 aromatic rings. The molecule has 0 fully saturated rings. The van der Waals surface area contributed by atoms with Gasteiger partial charge in [0.15, 0.2) is 0 Å². The summed E-state index contributed by atoms with van der Waals surface area (Å²) in [4.78, 5) is 25.9. The standard InChI is InChI=1S/C17H17N5O/c1-10(18)15-13(11-6-3-4-8-20-11)14(17(23)19-2)16-12(22-15)7-5-9-21-16/h3-10H,18H2,1-2H3,(H,19,23)/t10-/m0/s1. The third-order valence-electron chi connectivity index (χ3n) is 3.58. The summed E-state index contributed by atoms with van der Waals surface area (Å²) < 4.78 is 0. The first kappa shape index (κ1) is 15.1. The predicted octanol–water partition coefficient (Wildman–Crippen LogP) is 2.07. The molecule has 3 heterocycles. The summed E-state index contributed by atoms with van der Waals surface area (Å²) in [6.45, 7) is 1.84. The average Bonchev–Trinajstić information content (AvgIpc) is 2.60. The minimum absolute atomic E-state index is 0.237. The lowest BCUT2D eigenvalue weighted by molar-refractivity contribution is 0.0965. The summed E-state index contributed by atoms with van der Waals surface area (Å²) in [5.41, 5.74) is 9.64. The molecule has 3 N–H and O–H groups in total. The highest BCUT2D eigenvalue weighted by Gasteiger charge is 2.24. The molecule has 0 aliphatic rings. The second kappa shape index (κ2) is 6.10. The lowest BCUT2D eigenvalue weighted by atomic mass is 9.96. The van der Waals surface area contributed by atoms with Gasteiger partial charge in [0.1, 0.15) is 5.52 Å². The Bertz CT molecular complexity index is 861. The van der Waals surface area contributed by atoms with Gasteiger partial charge in [0, 0.05) is 31.0 Å². The van der Waals surface area contributed by atoms with Gasteiger partial charge >= 0.3 is 0 Å². The third-order valence-corrected chi connectivity index (χ3v) is 3.58. The van der Waals surface area contributed by atoms with E-state index < -0.39 is 0 Å². The van der Waals surface area contributed by atoms with Crippen LogP contribution in [0.2, 0.25) is 0 Å². The van der Waals surface area contributed by atoms with E-state index in [4.69, 9.17) is 5.73 Å². The van der Waals surface area contributed by atoms with Gasteiger partial charge in [-0.2, -0.15) is 0 Å². The van der Waals surface area contributed by atoms with Gasteiger partial charge in [-0.15, -0.1) is 0 Å². The fourth-order valence-corrected chi connectivity index (χ4v) is 2.56. The Balaban J connectivity index is 2.47. The van der Waals surface area contributed by atoms with E-state index in [1.54, 1.807) is 25.5 Å². The van der Waals surface area contributed by atoms with Gasteiger partial charge in [-0.05, 0) is 31.2 Å². The first-order valence-electron chi connectivity index (χ1n) is 7.31. The van der Waals surface area contributed by atoms with Gasteiger partial charge in [-0.3, -0.25) is 14.8 Å². The van der Waals surface area contributed by atoms with Crippen LogP contribution in [-0.2, 0) is 0 Å². The number of nitrogens with zero attached hydrogens (tertiary/aromatic N) is 3. The molecule has 1 amide bonds. The van der Waals surface area contributed by atoms with Crippen molar-refractivity contribution in [1.29, 1.82) is 0 Å². The summed E-state index contributed by atoms with van der Waals surface area (Å²) in [6.07, 6.45) is 3.32. The number of rotatable bonds is 3. The van der Waals surface area contributed by atoms with Gasteiger partial charge in [-0.1, -0.05) is 6.07 Å². The highest BCUT2D eigenvalue weighted by molar-refractivity contribution is 6.10. The van der Waals surface area contributed by atoms with E-state index in [0.717, 1.165) is 0 Å². The number of hydrogen-bond acceptors (Lipinski definition) is 5. The molecule has 6 heteroatoms. The Morgan fingerprint density at radius 2 is 1.96 bits per heavy atom. The van der Waals surface area contributed by atoms with Crippen LogP contribution in [0.3, 0.4) is 0 Å². The number of amides is 1. The summed E-state index contributed by atoms with van der Waals surface area (Å²) in [6, 6.07) is 8.78. The molecule has 1 atom stereocenters. The number of pyridine rings is 3. The maximum Gasteiger partial charge on any atom is 0.254 e. The molecule has 0 bridgehead atoms. The van der Waals surface area contributed by atoms with Gasteiger partial charge < -0.3 is 11.1 Å². The van der Waals surface area contributed by atoms with Crippen LogP contribution in [0.5, 0.6) is 0 Å². The first-order valence-corrected chi connectivity index (χ1v) is 7.31. The van der Waals surface area contributed by atoms with Crippen LogP contribution in [0.1, 0.15) is 29.0 Å². The number of carbonyl (C=O) groups is 1. The van der Waals surface area contributed by atoms with Crippen molar-refractivity contribution in [2.45, 2.75) is 13.0 Å². The van der Waals surface area contributed by atoms with E-state index in [9.17, 15) is 4.79 Å². The Labute approximate surface area is 133 Å². The Morgan fingerprint density at radius 3 is 2.61 bits per heavy atom. The molecule has 0 saturated heterocycles. The van der Waals surface area contributed by atoms with Crippen LogP contribution in [0, 0.1) is 0 Å². The minimum atomic E-state index is -0.347. The first-order chi connectivity index (χ1) is 11.1. The lowest BCUT2D eigenvalue weighted by Gasteiger charge is -2.17. The molecular weight excluding hydrogens is 290 g/mol.